The van der Waals surface area contributed by atoms with Gasteiger partial charge in [0.15, 0.2) is 11.5 Å². The highest BCUT2D eigenvalue weighted by Gasteiger charge is 2.39. The number of hydrazone groups is 1. The van der Waals surface area contributed by atoms with Gasteiger partial charge in [-0.1, -0.05) is 24.6 Å². The van der Waals surface area contributed by atoms with Crippen LogP contribution in [0.2, 0.25) is 0 Å². The largest absolute Gasteiger partial charge is 0.505 e. The number of aromatic amines is 1. The molecule has 1 aliphatic heterocycles. The van der Waals surface area contributed by atoms with Crippen molar-refractivity contribution in [3.63, 3.8) is 0 Å². The molecule has 2 unspecified atom stereocenters. The van der Waals surface area contributed by atoms with Crippen molar-refractivity contribution in [2.45, 2.75) is 50.6 Å². The number of hydrogen-bond donors (Lipinski definition) is 3. The van der Waals surface area contributed by atoms with Crippen LogP contribution in [0.15, 0.2) is 58.7 Å². The van der Waals surface area contributed by atoms with Crippen molar-refractivity contribution in [3.8, 4) is 5.75 Å². The van der Waals surface area contributed by atoms with E-state index in [0.29, 0.717) is 16.3 Å². The molecule has 3 N–H and O–H groups in total. The Labute approximate surface area is 245 Å². The molecule has 0 radical (unpaired) electrons. The second kappa shape index (κ2) is 12.0. The number of nitrogens with zero attached hydrogens (tertiary/aromatic N) is 6. The first-order valence-corrected chi connectivity index (χ1v) is 13.8. The third kappa shape index (κ3) is 6.14. The molecule has 1 fully saturated rings. The maximum atomic E-state index is 13.6. The van der Waals surface area contributed by atoms with Crippen LogP contribution in [0.4, 0.5) is 24.5 Å². The Hall–Kier alpha value is -4.59. The molecule has 43 heavy (non-hydrogen) atoms. The van der Waals surface area contributed by atoms with Gasteiger partial charge in [-0.15, -0.1) is 5.10 Å². The van der Waals surface area contributed by atoms with E-state index in [9.17, 15) is 27.9 Å². The maximum absolute atomic E-state index is 13.6. The second-order valence-corrected chi connectivity index (χ2v) is 11.0. The highest BCUT2D eigenvalue weighted by molar-refractivity contribution is 6.57. The summed E-state index contributed by atoms with van der Waals surface area (Å²) in [7, 11) is 3.46. The van der Waals surface area contributed by atoms with Gasteiger partial charge in [0.1, 0.15) is 5.75 Å². The lowest BCUT2D eigenvalue weighted by Gasteiger charge is -2.30. The van der Waals surface area contributed by atoms with E-state index < -0.39 is 23.6 Å². The van der Waals surface area contributed by atoms with Crippen molar-refractivity contribution in [1.29, 1.82) is 0 Å². The lowest BCUT2D eigenvalue weighted by atomic mass is 9.77. The molecular weight excluding hydrogens is 565 g/mol. The summed E-state index contributed by atoms with van der Waals surface area (Å²) in [6.07, 6.45) is -1.25. The SMILES string of the molecule is CC1=C(CN(C)C)C(=O)N(c2cccc(C(F)(F)F)c2)C(=O)C1=NNc1cccc(C2CCCC(c3nnn[nH]3)C2)c1O. The standard InChI is InChI=1S/C29H31F3N8O3/c1-16-22(15-39(2)3)27(42)40(20-10-5-9-19(14-20)29(30,31)32)28(43)24(16)34-33-23-12-6-11-21(25(23)41)17-7-4-8-18(13-17)26-35-37-38-36-26/h5-6,9-12,14,17-18,33,41H,4,7-8,13,15H2,1-3H3,(H,35,36,37,38). The van der Waals surface area contributed by atoms with Crippen molar-refractivity contribution in [1.82, 2.24) is 25.5 Å². The quantitative estimate of drug-likeness (QED) is 0.205. The zero-order chi connectivity index (χ0) is 30.9. The van der Waals surface area contributed by atoms with Crippen LogP contribution < -0.4 is 10.3 Å². The summed E-state index contributed by atoms with van der Waals surface area (Å²) < 4.78 is 40.4. The van der Waals surface area contributed by atoms with Crippen LogP contribution in [0.5, 0.6) is 5.75 Å². The number of phenols is 1. The molecule has 5 rings (SSSR count). The van der Waals surface area contributed by atoms with Crippen LogP contribution in [0, 0.1) is 0 Å². The number of aromatic hydroxyl groups is 1. The lowest BCUT2D eigenvalue weighted by molar-refractivity contribution is -0.137. The summed E-state index contributed by atoms with van der Waals surface area (Å²) in [6, 6.07) is 9.24. The number of nitrogens with one attached hydrogen (secondary N) is 2. The van der Waals surface area contributed by atoms with Gasteiger partial charge in [-0.25, -0.2) is 10.00 Å². The van der Waals surface area contributed by atoms with E-state index in [1.165, 1.54) is 6.07 Å². The van der Waals surface area contributed by atoms with E-state index in [2.05, 4.69) is 31.2 Å². The number of H-pyrrole nitrogens is 1. The zero-order valence-corrected chi connectivity index (χ0v) is 23.8. The normalized spacial score (nSPS) is 20.8. The molecule has 11 nitrogen and oxygen atoms in total. The van der Waals surface area contributed by atoms with Crippen molar-refractivity contribution in [2.24, 2.45) is 5.10 Å². The Morgan fingerprint density at radius 3 is 2.56 bits per heavy atom. The number of likely N-dealkylation sites (N-methyl/N-ethyl adjacent to an activating group) is 1. The number of tetrazole rings is 1. The third-order valence-corrected chi connectivity index (χ3v) is 7.80. The number of aromatic nitrogens is 4. The van der Waals surface area contributed by atoms with E-state index in [-0.39, 0.29) is 52.4 Å². The average Bonchev–Trinajstić information content (AvgIpc) is 3.51. The first-order chi connectivity index (χ1) is 20.5. The number of rotatable bonds is 7. The summed E-state index contributed by atoms with van der Waals surface area (Å²) in [5, 5.41) is 29.7. The third-order valence-electron chi connectivity index (χ3n) is 7.80. The van der Waals surface area contributed by atoms with Gasteiger partial charge in [-0.2, -0.15) is 18.3 Å². The molecule has 0 spiro atoms. The van der Waals surface area contributed by atoms with Gasteiger partial charge < -0.3 is 10.0 Å². The summed E-state index contributed by atoms with van der Waals surface area (Å²) in [4.78, 5) is 29.5. The van der Waals surface area contributed by atoms with Crippen LogP contribution in [0.1, 0.15) is 61.4 Å². The lowest BCUT2D eigenvalue weighted by Crippen LogP contribution is -2.49. The number of hydrogen-bond acceptors (Lipinski definition) is 9. The van der Waals surface area contributed by atoms with E-state index in [0.717, 1.165) is 43.9 Å². The van der Waals surface area contributed by atoms with Gasteiger partial charge in [-0.3, -0.25) is 15.0 Å². The number of para-hydroxylation sites is 1. The zero-order valence-electron chi connectivity index (χ0n) is 23.8. The number of carbonyl (C=O) groups is 2. The van der Waals surface area contributed by atoms with Gasteiger partial charge in [0, 0.05) is 18.0 Å². The minimum Gasteiger partial charge on any atom is -0.505 e. The average molecular weight is 597 g/mol. The van der Waals surface area contributed by atoms with E-state index in [4.69, 9.17) is 0 Å². The monoisotopic (exact) mass is 596 g/mol. The van der Waals surface area contributed by atoms with E-state index in [1.807, 2.05) is 6.07 Å². The number of benzene rings is 2. The number of alkyl halides is 3. The maximum Gasteiger partial charge on any atom is 0.416 e. The first kappa shape index (κ1) is 29.9. The minimum absolute atomic E-state index is 0.0249. The molecule has 2 atom stereocenters. The molecule has 3 aromatic rings. The first-order valence-electron chi connectivity index (χ1n) is 13.8. The van der Waals surface area contributed by atoms with Crippen molar-refractivity contribution < 1.29 is 27.9 Å². The fourth-order valence-corrected chi connectivity index (χ4v) is 5.64. The van der Waals surface area contributed by atoms with Crippen LogP contribution in [-0.4, -0.2) is 68.8 Å². The molecule has 1 saturated carbocycles. The number of halogens is 3. The molecule has 1 aliphatic carbocycles. The molecule has 2 amide bonds. The molecule has 2 heterocycles. The Balaban J connectivity index is 1.47. The van der Waals surface area contributed by atoms with Crippen molar-refractivity contribution >= 4 is 28.9 Å². The molecule has 1 aromatic heterocycles. The minimum atomic E-state index is -4.67. The summed E-state index contributed by atoms with van der Waals surface area (Å²) in [5.74, 6) is -0.797. The Bertz CT molecular complexity index is 1580. The molecule has 0 bridgehead atoms. The fourth-order valence-electron chi connectivity index (χ4n) is 5.64. The Morgan fingerprint density at radius 2 is 1.86 bits per heavy atom. The molecule has 14 heteroatoms. The summed E-state index contributed by atoms with van der Waals surface area (Å²) >= 11 is 0. The van der Waals surface area contributed by atoms with Gasteiger partial charge in [0.25, 0.3) is 11.8 Å². The Kier molecular flexibility index (Phi) is 8.31. The molecule has 226 valence electrons. The molecule has 0 saturated heterocycles. The van der Waals surface area contributed by atoms with Gasteiger partial charge in [-0.05, 0) is 92.0 Å². The predicted octanol–water partition coefficient (Wildman–Crippen LogP) is 4.58. The molecular formula is C29H31F3N8O3. The van der Waals surface area contributed by atoms with Crippen molar-refractivity contribution in [3.05, 3.63) is 70.6 Å². The number of phenolic OH excluding ortho intramolecular Hbond substituents is 1. The summed E-state index contributed by atoms with van der Waals surface area (Å²) in [6.45, 7) is 1.69. The topological polar surface area (TPSA) is 140 Å². The van der Waals surface area contributed by atoms with E-state index in [1.54, 1.807) is 38.1 Å². The number of amides is 2. The van der Waals surface area contributed by atoms with Crippen molar-refractivity contribution in [2.75, 3.05) is 31.0 Å². The molecule has 2 aromatic carbocycles. The summed E-state index contributed by atoms with van der Waals surface area (Å²) in [5.41, 5.74) is 2.83. The van der Waals surface area contributed by atoms with E-state index >= 15 is 0 Å². The van der Waals surface area contributed by atoms with Crippen LogP contribution in [0.25, 0.3) is 0 Å². The predicted molar refractivity (Wildman–Crippen MR) is 152 cm³/mol. The second-order valence-electron chi connectivity index (χ2n) is 11.0. The highest BCUT2D eigenvalue weighted by atomic mass is 19.4. The number of anilines is 2. The number of imide groups is 1. The van der Waals surface area contributed by atoms with Gasteiger partial charge in [0.2, 0.25) is 0 Å². The van der Waals surface area contributed by atoms with Crippen LogP contribution in [-0.2, 0) is 15.8 Å². The fraction of sp³-hybridized carbons (Fsp3) is 0.379. The smallest absolute Gasteiger partial charge is 0.416 e. The van der Waals surface area contributed by atoms with Gasteiger partial charge in [0.05, 0.1) is 16.9 Å². The number of carbonyl (C=O) groups excluding carboxylic acids is 2. The van der Waals surface area contributed by atoms with Crippen LogP contribution in [0.3, 0.4) is 0 Å². The highest BCUT2D eigenvalue weighted by Crippen LogP contribution is 2.44. The van der Waals surface area contributed by atoms with Crippen LogP contribution >= 0.6 is 0 Å². The van der Waals surface area contributed by atoms with Gasteiger partial charge >= 0.3 is 6.18 Å². The Morgan fingerprint density at radius 1 is 1.12 bits per heavy atom. The molecule has 2 aliphatic rings.